The first kappa shape index (κ1) is 15.0. The Morgan fingerprint density at radius 2 is 2.32 bits per heavy atom. The molecule has 1 aliphatic rings. The summed E-state index contributed by atoms with van der Waals surface area (Å²) in [7, 11) is 1.60. The van der Waals surface area contributed by atoms with Crippen LogP contribution in [0.5, 0.6) is 0 Å². The molecule has 3 rings (SSSR count). The predicted octanol–water partition coefficient (Wildman–Crippen LogP) is 2.15. The quantitative estimate of drug-likeness (QED) is 0.913. The second-order valence-electron chi connectivity index (χ2n) is 5.51. The number of halogens is 1. The minimum Gasteiger partial charge on any atom is -0.379 e. The Bertz CT molecular complexity index is 698. The topological polar surface area (TPSA) is 63.4 Å². The average molecular weight is 306 g/mol. The molecule has 0 bridgehead atoms. The molecule has 6 heteroatoms. The minimum absolute atomic E-state index is 0.109. The third-order valence-corrected chi connectivity index (χ3v) is 4.19. The van der Waals surface area contributed by atoms with Gasteiger partial charge in [0.1, 0.15) is 17.6 Å². The molecule has 1 aromatic heterocycles. The van der Waals surface area contributed by atoms with Crippen molar-refractivity contribution in [2.45, 2.75) is 25.5 Å². The van der Waals surface area contributed by atoms with Crippen molar-refractivity contribution in [3.8, 4) is 0 Å². The number of ether oxygens (including phenoxy) is 2. The molecule has 2 atom stereocenters. The molecular weight excluding hydrogens is 287 g/mol. The Kier molecular flexibility index (Phi) is 4.13. The van der Waals surface area contributed by atoms with Crippen molar-refractivity contribution in [3.63, 3.8) is 0 Å². The van der Waals surface area contributed by atoms with E-state index in [1.54, 1.807) is 19.2 Å². The number of fused-ring (bicyclic) bond motifs is 1. The summed E-state index contributed by atoms with van der Waals surface area (Å²) < 4.78 is 24.5. The number of amides is 1. The molecule has 2 heterocycles. The first-order valence-electron chi connectivity index (χ1n) is 7.30. The largest absolute Gasteiger partial charge is 0.379 e. The number of H-pyrrole nitrogens is 1. The van der Waals surface area contributed by atoms with Crippen LogP contribution in [0.25, 0.3) is 10.9 Å². The van der Waals surface area contributed by atoms with E-state index in [2.05, 4.69) is 10.3 Å². The van der Waals surface area contributed by atoms with Gasteiger partial charge in [0.2, 0.25) is 0 Å². The Balaban J connectivity index is 1.86. The van der Waals surface area contributed by atoms with Crippen LogP contribution in [0, 0.1) is 12.7 Å². The van der Waals surface area contributed by atoms with E-state index in [0.29, 0.717) is 30.8 Å². The van der Waals surface area contributed by atoms with E-state index in [0.717, 1.165) is 10.9 Å². The van der Waals surface area contributed by atoms with Crippen molar-refractivity contribution in [2.24, 2.45) is 0 Å². The lowest BCUT2D eigenvalue weighted by Crippen LogP contribution is -2.49. The first-order valence-corrected chi connectivity index (χ1v) is 7.30. The van der Waals surface area contributed by atoms with Crippen molar-refractivity contribution in [3.05, 3.63) is 35.3 Å². The zero-order valence-corrected chi connectivity index (χ0v) is 12.6. The van der Waals surface area contributed by atoms with E-state index in [1.165, 1.54) is 6.07 Å². The highest BCUT2D eigenvalue weighted by Crippen LogP contribution is 2.24. The number of para-hydroxylation sites is 1. The van der Waals surface area contributed by atoms with Crippen molar-refractivity contribution in [2.75, 3.05) is 20.3 Å². The van der Waals surface area contributed by atoms with Crippen LogP contribution in [0.2, 0.25) is 0 Å². The summed E-state index contributed by atoms with van der Waals surface area (Å²) >= 11 is 0. The van der Waals surface area contributed by atoms with Gasteiger partial charge in [0.05, 0.1) is 18.2 Å². The predicted molar refractivity (Wildman–Crippen MR) is 80.5 cm³/mol. The van der Waals surface area contributed by atoms with E-state index < -0.39 is 0 Å². The average Bonchev–Trinajstić information content (AvgIpc) is 2.87. The maximum Gasteiger partial charge on any atom is 0.268 e. The van der Waals surface area contributed by atoms with Crippen LogP contribution < -0.4 is 5.32 Å². The number of hydrogen-bond donors (Lipinski definition) is 2. The molecule has 0 saturated carbocycles. The fourth-order valence-corrected chi connectivity index (χ4v) is 2.89. The zero-order chi connectivity index (χ0) is 15.7. The van der Waals surface area contributed by atoms with Gasteiger partial charge in [-0.3, -0.25) is 4.79 Å². The van der Waals surface area contributed by atoms with Crippen LogP contribution in [0.15, 0.2) is 18.2 Å². The van der Waals surface area contributed by atoms with Crippen LogP contribution >= 0.6 is 0 Å². The lowest BCUT2D eigenvalue weighted by molar-refractivity contribution is -0.0479. The fraction of sp³-hybridized carbons (Fsp3) is 0.438. The Morgan fingerprint density at radius 3 is 3.05 bits per heavy atom. The molecule has 118 valence electrons. The molecule has 22 heavy (non-hydrogen) atoms. The third kappa shape index (κ3) is 2.60. The van der Waals surface area contributed by atoms with Gasteiger partial charge in [-0.2, -0.15) is 0 Å². The Labute approximate surface area is 127 Å². The molecular formula is C16H19FN2O3. The summed E-state index contributed by atoms with van der Waals surface area (Å²) in [4.78, 5) is 15.4. The fourth-order valence-electron chi connectivity index (χ4n) is 2.89. The number of rotatable bonds is 3. The van der Waals surface area contributed by atoms with Crippen LogP contribution in [0.4, 0.5) is 4.39 Å². The molecule has 0 radical (unpaired) electrons. The number of aryl methyl sites for hydroxylation is 1. The minimum atomic E-state index is -0.361. The summed E-state index contributed by atoms with van der Waals surface area (Å²) in [5.41, 5.74) is 1.50. The second kappa shape index (κ2) is 6.06. The molecule has 2 N–H and O–H groups in total. The maximum atomic E-state index is 13.8. The third-order valence-electron chi connectivity index (χ3n) is 4.19. The summed E-state index contributed by atoms with van der Waals surface area (Å²) in [6.45, 7) is 2.86. The normalized spacial score (nSPS) is 22.0. The van der Waals surface area contributed by atoms with E-state index in [-0.39, 0.29) is 23.9 Å². The summed E-state index contributed by atoms with van der Waals surface area (Å²) in [6.07, 6.45) is 0.525. The van der Waals surface area contributed by atoms with Gasteiger partial charge >= 0.3 is 0 Å². The molecule has 0 unspecified atom stereocenters. The monoisotopic (exact) mass is 306 g/mol. The second-order valence-corrected chi connectivity index (χ2v) is 5.51. The molecule has 0 spiro atoms. The summed E-state index contributed by atoms with van der Waals surface area (Å²) in [6, 6.07) is 4.70. The van der Waals surface area contributed by atoms with Crippen molar-refractivity contribution in [1.29, 1.82) is 0 Å². The number of aromatic nitrogens is 1. The molecule has 2 aromatic rings. The van der Waals surface area contributed by atoms with Gasteiger partial charge in [-0.1, -0.05) is 12.1 Å². The van der Waals surface area contributed by atoms with Gasteiger partial charge in [-0.15, -0.1) is 0 Å². The van der Waals surface area contributed by atoms with E-state index in [9.17, 15) is 9.18 Å². The smallest absolute Gasteiger partial charge is 0.268 e. The summed E-state index contributed by atoms with van der Waals surface area (Å²) in [5, 5.41) is 3.68. The number of benzene rings is 1. The molecule has 1 saturated heterocycles. The maximum absolute atomic E-state index is 13.8. The summed E-state index contributed by atoms with van der Waals surface area (Å²) in [5.74, 6) is -0.609. The van der Waals surface area contributed by atoms with Crippen LogP contribution in [0.3, 0.4) is 0 Å². The van der Waals surface area contributed by atoms with Gasteiger partial charge in [0, 0.05) is 19.1 Å². The van der Waals surface area contributed by atoms with Gasteiger partial charge in [-0.05, 0) is 25.0 Å². The molecule has 1 aromatic carbocycles. The van der Waals surface area contributed by atoms with Crippen LogP contribution in [-0.2, 0) is 9.47 Å². The number of aromatic amines is 1. The lowest BCUT2D eigenvalue weighted by Gasteiger charge is -2.30. The van der Waals surface area contributed by atoms with Gasteiger partial charge < -0.3 is 19.8 Å². The number of methoxy groups -OCH3 is 1. The van der Waals surface area contributed by atoms with Crippen molar-refractivity contribution in [1.82, 2.24) is 10.3 Å². The highest BCUT2D eigenvalue weighted by molar-refractivity contribution is 6.01. The van der Waals surface area contributed by atoms with Gasteiger partial charge in [-0.25, -0.2) is 4.39 Å². The Hall–Kier alpha value is -1.92. The SMILES string of the molecule is CO[C@H]1COCC[C@@H]1NC(=O)c1[nH]c2c(F)cccc2c1C. The van der Waals surface area contributed by atoms with Gasteiger partial charge in [0.25, 0.3) is 5.91 Å². The lowest BCUT2D eigenvalue weighted by atomic mass is 10.1. The Morgan fingerprint density at radius 1 is 1.50 bits per heavy atom. The van der Waals surface area contributed by atoms with Gasteiger partial charge in [0.15, 0.2) is 0 Å². The number of hydrogen-bond acceptors (Lipinski definition) is 3. The van der Waals surface area contributed by atoms with Crippen LogP contribution in [-0.4, -0.2) is 43.4 Å². The first-order chi connectivity index (χ1) is 10.6. The molecule has 1 fully saturated rings. The number of carbonyl (C=O) groups is 1. The highest BCUT2D eigenvalue weighted by Gasteiger charge is 2.28. The van der Waals surface area contributed by atoms with Crippen LogP contribution in [0.1, 0.15) is 22.5 Å². The zero-order valence-electron chi connectivity index (χ0n) is 12.6. The van der Waals surface area contributed by atoms with E-state index >= 15 is 0 Å². The highest BCUT2D eigenvalue weighted by atomic mass is 19.1. The van der Waals surface area contributed by atoms with Crippen molar-refractivity contribution < 1.29 is 18.7 Å². The van der Waals surface area contributed by atoms with Crippen molar-refractivity contribution >= 4 is 16.8 Å². The van der Waals surface area contributed by atoms with E-state index in [1.807, 2.05) is 6.92 Å². The molecule has 5 nitrogen and oxygen atoms in total. The molecule has 1 aliphatic heterocycles. The van der Waals surface area contributed by atoms with E-state index in [4.69, 9.17) is 9.47 Å². The molecule has 0 aliphatic carbocycles. The number of nitrogens with one attached hydrogen (secondary N) is 2. The standard InChI is InChI=1S/C16H19FN2O3/c1-9-10-4-3-5-11(17)15(10)19-14(9)16(20)18-12-6-7-22-8-13(12)21-2/h3-5,12-13,19H,6-8H2,1-2H3,(H,18,20)/t12-,13-/m0/s1. The number of carbonyl (C=O) groups excluding carboxylic acids is 1. The molecule has 1 amide bonds.